The Kier molecular flexibility index (Phi) is 2.55. The first-order valence-electron chi connectivity index (χ1n) is 6.49. The molecule has 1 nitrogen and oxygen atoms in total. The van der Waals surface area contributed by atoms with Crippen LogP contribution in [-0.2, 0) is 0 Å². The largest absolute Gasteiger partial charge is 0.294 e. The monoisotopic (exact) mass is 214 g/mol. The lowest BCUT2D eigenvalue weighted by Gasteiger charge is -2.27. The molecule has 1 heteroatoms. The number of hydrogen-bond donors (Lipinski definition) is 0. The standard InChI is InChI=1S/C15H18O/c16-15(12-6-2-7-12)14-9-3-8-13(10-14)11-4-1-5-11/h3,8-12H,1-2,4-7H2. The molecule has 0 saturated heterocycles. The molecule has 0 amide bonds. The Bertz CT molecular complexity index is 400. The van der Waals surface area contributed by atoms with E-state index in [1.54, 1.807) is 0 Å². The zero-order valence-electron chi connectivity index (χ0n) is 9.61. The quantitative estimate of drug-likeness (QED) is 0.696. The van der Waals surface area contributed by atoms with Gasteiger partial charge in [0, 0.05) is 11.5 Å². The Balaban J connectivity index is 1.80. The molecule has 1 aromatic rings. The molecular weight excluding hydrogens is 196 g/mol. The summed E-state index contributed by atoms with van der Waals surface area (Å²) in [7, 11) is 0. The van der Waals surface area contributed by atoms with Crippen LogP contribution in [0.5, 0.6) is 0 Å². The molecule has 0 aliphatic heterocycles. The van der Waals surface area contributed by atoms with Gasteiger partial charge in [0.2, 0.25) is 0 Å². The molecule has 0 aromatic heterocycles. The van der Waals surface area contributed by atoms with Gasteiger partial charge in [0.25, 0.3) is 0 Å². The van der Waals surface area contributed by atoms with E-state index in [0.717, 1.165) is 24.3 Å². The minimum atomic E-state index is 0.330. The SMILES string of the molecule is O=C(c1cccc(C2CCC2)c1)C1CCC1. The predicted molar refractivity (Wildman–Crippen MR) is 64.7 cm³/mol. The molecule has 0 atom stereocenters. The van der Waals surface area contributed by atoms with Gasteiger partial charge in [-0.25, -0.2) is 0 Å². The average Bonchev–Trinajstić information content (AvgIpc) is 2.12. The van der Waals surface area contributed by atoms with E-state index in [4.69, 9.17) is 0 Å². The third-order valence-corrected chi connectivity index (χ3v) is 4.22. The summed E-state index contributed by atoms with van der Waals surface area (Å²) < 4.78 is 0. The number of hydrogen-bond acceptors (Lipinski definition) is 1. The van der Waals surface area contributed by atoms with Crippen molar-refractivity contribution in [2.75, 3.05) is 0 Å². The van der Waals surface area contributed by atoms with Crippen LogP contribution in [0.2, 0.25) is 0 Å². The van der Waals surface area contributed by atoms with Gasteiger partial charge in [-0.2, -0.15) is 0 Å². The van der Waals surface area contributed by atoms with Gasteiger partial charge in [-0.3, -0.25) is 4.79 Å². The van der Waals surface area contributed by atoms with Crippen molar-refractivity contribution in [2.24, 2.45) is 5.92 Å². The molecule has 0 N–H and O–H groups in total. The first-order chi connectivity index (χ1) is 7.84. The third kappa shape index (κ3) is 1.68. The van der Waals surface area contributed by atoms with Crippen LogP contribution in [0, 0.1) is 5.92 Å². The van der Waals surface area contributed by atoms with Crippen molar-refractivity contribution in [2.45, 2.75) is 44.4 Å². The van der Waals surface area contributed by atoms with Gasteiger partial charge < -0.3 is 0 Å². The van der Waals surface area contributed by atoms with Crippen molar-refractivity contribution in [1.29, 1.82) is 0 Å². The summed E-state index contributed by atoms with van der Waals surface area (Å²) in [5, 5.41) is 0. The van der Waals surface area contributed by atoms with Crippen LogP contribution in [0.15, 0.2) is 24.3 Å². The van der Waals surface area contributed by atoms with Crippen LogP contribution in [0.1, 0.15) is 60.4 Å². The summed E-state index contributed by atoms with van der Waals surface area (Å²) in [6.45, 7) is 0. The second-order valence-electron chi connectivity index (χ2n) is 5.25. The Labute approximate surface area is 96.9 Å². The highest BCUT2D eigenvalue weighted by atomic mass is 16.1. The van der Waals surface area contributed by atoms with Crippen LogP contribution in [0.4, 0.5) is 0 Å². The Morgan fingerprint density at radius 2 is 1.81 bits per heavy atom. The summed E-state index contributed by atoms with van der Waals surface area (Å²) >= 11 is 0. The minimum absolute atomic E-state index is 0.330. The molecule has 84 valence electrons. The first-order valence-corrected chi connectivity index (χ1v) is 6.49. The molecule has 0 unspecified atom stereocenters. The van der Waals surface area contributed by atoms with Crippen LogP contribution in [0.3, 0.4) is 0 Å². The number of Topliss-reactive ketones (excluding diaryl/α,β-unsaturated/α-hetero) is 1. The second kappa shape index (κ2) is 4.04. The van der Waals surface area contributed by atoms with Crippen molar-refractivity contribution < 1.29 is 4.79 Å². The lowest BCUT2D eigenvalue weighted by Crippen LogP contribution is -2.22. The third-order valence-electron chi connectivity index (χ3n) is 4.22. The second-order valence-corrected chi connectivity index (χ2v) is 5.25. The zero-order valence-corrected chi connectivity index (χ0v) is 9.61. The molecule has 1 aromatic carbocycles. The van der Waals surface area contributed by atoms with Gasteiger partial charge in [0.15, 0.2) is 5.78 Å². The lowest BCUT2D eigenvalue weighted by atomic mass is 9.77. The van der Waals surface area contributed by atoms with Crippen LogP contribution in [0.25, 0.3) is 0 Å². The molecule has 0 radical (unpaired) electrons. The molecule has 0 bridgehead atoms. The highest BCUT2D eigenvalue weighted by Crippen LogP contribution is 2.37. The molecule has 2 aliphatic rings. The van der Waals surface area contributed by atoms with E-state index in [-0.39, 0.29) is 0 Å². The summed E-state index contributed by atoms with van der Waals surface area (Å²) in [4.78, 5) is 12.1. The van der Waals surface area contributed by atoms with Gasteiger partial charge in [-0.1, -0.05) is 31.0 Å². The van der Waals surface area contributed by atoms with Crippen molar-refractivity contribution in [3.63, 3.8) is 0 Å². The number of ketones is 1. The molecule has 0 heterocycles. The lowest BCUT2D eigenvalue weighted by molar-refractivity contribution is 0.0855. The minimum Gasteiger partial charge on any atom is -0.294 e. The smallest absolute Gasteiger partial charge is 0.165 e. The van der Waals surface area contributed by atoms with Gasteiger partial charge in [-0.05, 0) is 43.2 Å². The van der Waals surface area contributed by atoms with Crippen LogP contribution >= 0.6 is 0 Å². The van der Waals surface area contributed by atoms with E-state index < -0.39 is 0 Å². The fourth-order valence-corrected chi connectivity index (χ4v) is 2.59. The number of rotatable bonds is 3. The highest BCUT2D eigenvalue weighted by molar-refractivity contribution is 5.98. The maximum absolute atomic E-state index is 12.1. The Morgan fingerprint density at radius 3 is 2.38 bits per heavy atom. The molecule has 3 rings (SSSR count). The van der Waals surface area contributed by atoms with E-state index in [2.05, 4.69) is 18.2 Å². The van der Waals surface area contributed by atoms with Crippen LogP contribution in [-0.4, -0.2) is 5.78 Å². The Morgan fingerprint density at radius 1 is 1.06 bits per heavy atom. The zero-order chi connectivity index (χ0) is 11.0. The molecule has 0 spiro atoms. The number of carbonyl (C=O) groups excluding carboxylic acids is 1. The number of benzene rings is 1. The molecule has 16 heavy (non-hydrogen) atoms. The van der Waals surface area contributed by atoms with Crippen molar-refractivity contribution >= 4 is 5.78 Å². The summed E-state index contributed by atoms with van der Waals surface area (Å²) in [5.74, 6) is 1.44. The summed E-state index contributed by atoms with van der Waals surface area (Å²) in [5.41, 5.74) is 2.34. The maximum Gasteiger partial charge on any atom is 0.165 e. The fourth-order valence-electron chi connectivity index (χ4n) is 2.59. The fraction of sp³-hybridized carbons (Fsp3) is 0.533. The average molecular weight is 214 g/mol. The van der Waals surface area contributed by atoms with Gasteiger partial charge in [0.05, 0.1) is 0 Å². The van der Waals surface area contributed by atoms with E-state index in [1.807, 2.05) is 6.07 Å². The van der Waals surface area contributed by atoms with E-state index >= 15 is 0 Å². The van der Waals surface area contributed by atoms with E-state index in [1.165, 1.54) is 31.2 Å². The van der Waals surface area contributed by atoms with Crippen LogP contribution < -0.4 is 0 Å². The normalized spacial score (nSPS) is 21.2. The van der Waals surface area contributed by atoms with Gasteiger partial charge >= 0.3 is 0 Å². The number of carbonyl (C=O) groups is 1. The molecule has 2 aliphatic carbocycles. The van der Waals surface area contributed by atoms with Crippen molar-refractivity contribution in [3.05, 3.63) is 35.4 Å². The highest BCUT2D eigenvalue weighted by Gasteiger charge is 2.27. The first kappa shape index (κ1) is 10.1. The van der Waals surface area contributed by atoms with Crippen molar-refractivity contribution in [3.8, 4) is 0 Å². The predicted octanol–water partition coefficient (Wildman–Crippen LogP) is 3.94. The Hall–Kier alpha value is -1.11. The maximum atomic E-state index is 12.1. The summed E-state index contributed by atoms with van der Waals surface area (Å²) in [6, 6.07) is 8.37. The van der Waals surface area contributed by atoms with Gasteiger partial charge in [-0.15, -0.1) is 0 Å². The molecule has 2 saturated carbocycles. The van der Waals surface area contributed by atoms with Crippen molar-refractivity contribution in [1.82, 2.24) is 0 Å². The van der Waals surface area contributed by atoms with Gasteiger partial charge in [0.1, 0.15) is 0 Å². The topological polar surface area (TPSA) is 17.1 Å². The molecule has 2 fully saturated rings. The summed E-state index contributed by atoms with van der Waals surface area (Å²) in [6.07, 6.45) is 7.41. The van der Waals surface area contributed by atoms with E-state index in [0.29, 0.717) is 11.7 Å². The molecular formula is C15H18O. The van der Waals surface area contributed by atoms with E-state index in [9.17, 15) is 4.79 Å².